The number of hydrogen-bond acceptors (Lipinski definition) is 5. The zero-order chi connectivity index (χ0) is 21.5. The van der Waals surface area contributed by atoms with Gasteiger partial charge in [0.15, 0.2) is 0 Å². The lowest BCUT2D eigenvalue weighted by Gasteiger charge is -2.10. The van der Waals surface area contributed by atoms with Crippen LogP contribution in [0.1, 0.15) is 18.3 Å². The van der Waals surface area contributed by atoms with Crippen molar-refractivity contribution < 1.29 is 18.4 Å². The maximum Gasteiger partial charge on any atom is 0.416 e. The Labute approximate surface area is 168 Å². The van der Waals surface area contributed by atoms with Crippen molar-refractivity contribution in [3.05, 3.63) is 71.6 Å². The standard InChI is InChI=1S/C20H17F3N6O/c1-2-17-26-14-5-3-4-6-15(14)28(17)18-11-16(24)29(30)19(27-18)25-13-9-7-12(8-10-13)20(21,22)23/h3-11,30H,2,24H2,1H3. The normalized spacial score (nSPS) is 12.6. The summed E-state index contributed by atoms with van der Waals surface area (Å²) in [5.41, 5.74) is 6.72. The third-order valence-electron chi connectivity index (χ3n) is 4.52. The Balaban J connectivity index is 1.88. The van der Waals surface area contributed by atoms with Crippen LogP contribution in [0.4, 0.5) is 24.7 Å². The van der Waals surface area contributed by atoms with E-state index in [-0.39, 0.29) is 17.1 Å². The molecule has 0 amide bonds. The molecule has 0 saturated carbocycles. The number of aryl methyl sites for hydroxylation is 1. The second-order valence-electron chi connectivity index (χ2n) is 6.51. The Hall–Kier alpha value is -3.82. The number of alkyl halides is 3. The fourth-order valence-electron chi connectivity index (χ4n) is 3.09. The van der Waals surface area contributed by atoms with Crippen LogP contribution in [0.25, 0.3) is 16.9 Å². The van der Waals surface area contributed by atoms with Gasteiger partial charge >= 0.3 is 6.18 Å². The van der Waals surface area contributed by atoms with Gasteiger partial charge in [0, 0.05) is 12.5 Å². The first-order chi connectivity index (χ1) is 14.3. The number of nitrogens with zero attached hydrogens (tertiary/aromatic N) is 5. The van der Waals surface area contributed by atoms with Crippen molar-refractivity contribution in [1.29, 1.82) is 0 Å². The summed E-state index contributed by atoms with van der Waals surface area (Å²) in [7, 11) is 0. The topological polar surface area (TPSA) is 94.2 Å². The Kier molecular flexibility index (Phi) is 4.69. The highest BCUT2D eigenvalue weighted by atomic mass is 19.4. The molecule has 3 N–H and O–H groups in total. The maximum atomic E-state index is 12.8. The minimum Gasteiger partial charge on any atom is -0.423 e. The Morgan fingerprint density at radius 3 is 2.43 bits per heavy atom. The number of nitrogens with two attached hydrogens (primary N) is 1. The number of nitrogen functional groups attached to an aromatic ring is 1. The van der Waals surface area contributed by atoms with E-state index in [1.165, 1.54) is 18.2 Å². The van der Waals surface area contributed by atoms with Crippen LogP contribution in [0, 0.1) is 0 Å². The van der Waals surface area contributed by atoms with Gasteiger partial charge in [0.1, 0.15) is 17.5 Å². The third-order valence-corrected chi connectivity index (χ3v) is 4.52. The second-order valence-corrected chi connectivity index (χ2v) is 6.51. The van der Waals surface area contributed by atoms with E-state index in [1.807, 2.05) is 31.2 Å². The molecule has 0 fully saturated rings. The number of benzene rings is 2. The maximum absolute atomic E-state index is 12.8. The molecule has 0 aliphatic carbocycles. The summed E-state index contributed by atoms with van der Waals surface area (Å²) in [6.07, 6.45) is -3.83. The smallest absolute Gasteiger partial charge is 0.416 e. The minimum atomic E-state index is -4.45. The molecule has 2 aromatic heterocycles. The van der Waals surface area contributed by atoms with E-state index in [0.29, 0.717) is 17.0 Å². The SMILES string of the molecule is CCc1nc2ccccc2n1-c1cc(N)n(O)c(=Nc2ccc(C(F)(F)F)cc2)n1. The van der Waals surface area contributed by atoms with Gasteiger partial charge in [-0.3, -0.25) is 4.57 Å². The third kappa shape index (κ3) is 3.47. The van der Waals surface area contributed by atoms with Crippen LogP contribution in [0.2, 0.25) is 0 Å². The van der Waals surface area contributed by atoms with Gasteiger partial charge in [0.25, 0.3) is 5.62 Å². The lowest BCUT2D eigenvalue weighted by atomic mass is 10.2. The van der Waals surface area contributed by atoms with Crippen LogP contribution >= 0.6 is 0 Å². The van der Waals surface area contributed by atoms with E-state index in [1.54, 1.807) is 4.57 Å². The summed E-state index contributed by atoms with van der Waals surface area (Å²) < 4.78 is 40.7. The molecule has 10 heteroatoms. The molecule has 30 heavy (non-hydrogen) atoms. The zero-order valence-corrected chi connectivity index (χ0v) is 15.8. The molecule has 0 atom stereocenters. The van der Waals surface area contributed by atoms with Crippen LogP contribution in [-0.2, 0) is 12.6 Å². The van der Waals surface area contributed by atoms with Gasteiger partial charge in [0.05, 0.1) is 22.3 Å². The fraction of sp³-hybridized carbons (Fsp3) is 0.150. The number of rotatable bonds is 3. The summed E-state index contributed by atoms with van der Waals surface area (Å²) in [6.45, 7) is 1.95. The quantitative estimate of drug-likeness (QED) is 0.498. The highest BCUT2D eigenvalue weighted by Crippen LogP contribution is 2.30. The molecule has 4 aromatic rings. The van der Waals surface area contributed by atoms with Crippen molar-refractivity contribution in [3.8, 4) is 5.82 Å². The number of para-hydroxylation sites is 2. The summed E-state index contributed by atoms with van der Waals surface area (Å²) in [6, 6.07) is 13.2. The van der Waals surface area contributed by atoms with Gasteiger partial charge in [-0.15, -0.1) is 4.73 Å². The average molecular weight is 414 g/mol. The van der Waals surface area contributed by atoms with Crippen molar-refractivity contribution in [3.63, 3.8) is 0 Å². The first-order valence-corrected chi connectivity index (χ1v) is 9.05. The minimum absolute atomic E-state index is 0.0366. The summed E-state index contributed by atoms with van der Waals surface area (Å²) in [5, 5.41) is 10.2. The molecular weight excluding hydrogens is 397 g/mol. The Morgan fingerprint density at radius 2 is 1.77 bits per heavy atom. The van der Waals surface area contributed by atoms with Gasteiger partial charge in [-0.2, -0.15) is 18.2 Å². The van der Waals surface area contributed by atoms with E-state index in [0.717, 1.165) is 29.0 Å². The first-order valence-electron chi connectivity index (χ1n) is 9.05. The molecule has 154 valence electrons. The van der Waals surface area contributed by atoms with Crippen LogP contribution in [0.3, 0.4) is 0 Å². The lowest BCUT2D eigenvalue weighted by molar-refractivity contribution is -0.137. The van der Waals surface area contributed by atoms with Crippen molar-refractivity contribution in [1.82, 2.24) is 19.3 Å². The Bertz CT molecular complexity index is 1290. The van der Waals surface area contributed by atoms with Crippen molar-refractivity contribution in [2.24, 2.45) is 4.99 Å². The molecule has 0 saturated heterocycles. The lowest BCUT2D eigenvalue weighted by Crippen LogP contribution is -2.26. The predicted octanol–water partition coefficient (Wildman–Crippen LogP) is 3.86. The van der Waals surface area contributed by atoms with Crippen molar-refractivity contribution in [2.45, 2.75) is 19.5 Å². The monoisotopic (exact) mass is 414 g/mol. The van der Waals surface area contributed by atoms with Crippen LogP contribution < -0.4 is 11.4 Å². The van der Waals surface area contributed by atoms with Crippen molar-refractivity contribution >= 4 is 22.5 Å². The molecule has 0 aliphatic heterocycles. The zero-order valence-electron chi connectivity index (χ0n) is 15.8. The van der Waals surface area contributed by atoms with Crippen molar-refractivity contribution in [2.75, 3.05) is 5.73 Å². The molecule has 0 bridgehead atoms. The van der Waals surface area contributed by atoms with E-state index in [2.05, 4.69) is 15.0 Å². The molecule has 2 heterocycles. The fourth-order valence-corrected chi connectivity index (χ4v) is 3.09. The average Bonchev–Trinajstić information content (AvgIpc) is 3.09. The van der Waals surface area contributed by atoms with Gasteiger partial charge in [-0.1, -0.05) is 19.1 Å². The highest BCUT2D eigenvalue weighted by Gasteiger charge is 2.29. The van der Waals surface area contributed by atoms with E-state index >= 15 is 0 Å². The van der Waals surface area contributed by atoms with Gasteiger partial charge in [-0.25, -0.2) is 9.98 Å². The number of fused-ring (bicyclic) bond motifs is 1. The molecule has 0 unspecified atom stereocenters. The summed E-state index contributed by atoms with van der Waals surface area (Å²) >= 11 is 0. The number of anilines is 1. The summed E-state index contributed by atoms with van der Waals surface area (Å²) in [4.78, 5) is 13.1. The van der Waals surface area contributed by atoms with E-state index in [4.69, 9.17) is 5.73 Å². The highest BCUT2D eigenvalue weighted by molar-refractivity contribution is 5.78. The molecule has 0 radical (unpaired) electrons. The molecule has 0 spiro atoms. The second kappa shape index (κ2) is 7.21. The van der Waals surface area contributed by atoms with Gasteiger partial charge in [-0.05, 0) is 36.4 Å². The number of halogens is 3. The summed E-state index contributed by atoms with van der Waals surface area (Å²) in [5.74, 6) is 1.08. The van der Waals surface area contributed by atoms with Gasteiger partial charge < -0.3 is 10.9 Å². The molecule has 0 aliphatic rings. The number of aromatic nitrogens is 4. The first kappa shape index (κ1) is 19.5. The van der Waals surface area contributed by atoms with E-state index in [9.17, 15) is 18.4 Å². The number of imidazole rings is 1. The van der Waals surface area contributed by atoms with Crippen LogP contribution in [-0.4, -0.2) is 24.5 Å². The molecular formula is C20H17F3N6O. The molecule has 4 rings (SSSR count). The number of hydrogen-bond donors (Lipinski definition) is 2. The van der Waals surface area contributed by atoms with Gasteiger partial charge in [0.2, 0.25) is 0 Å². The largest absolute Gasteiger partial charge is 0.423 e. The Morgan fingerprint density at radius 1 is 1.07 bits per heavy atom. The van der Waals surface area contributed by atoms with Crippen LogP contribution in [0.5, 0.6) is 0 Å². The predicted molar refractivity (Wildman–Crippen MR) is 104 cm³/mol. The molecule has 7 nitrogen and oxygen atoms in total. The molecule has 2 aromatic carbocycles. The van der Waals surface area contributed by atoms with Crippen LogP contribution in [0.15, 0.2) is 59.6 Å². The van der Waals surface area contributed by atoms with E-state index < -0.39 is 11.7 Å².